The van der Waals surface area contributed by atoms with E-state index in [1.165, 1.54) is 57.8 Å². The fourth-order valence-electron chi connectivity index (χ4n) is 5.65. The van der Waals surface area contributed by atoms with E-state index in [0.717, 1.165) is 48.3 Å². The van der Waals surface area contributed by atoms with Crippen molar-refractivity contribution in [2.45, 2.75) is 96.3 Å². The van der Waals surface area contributed by atoms with E-state index < -0.39 is 5.97 Å². The fraction of sp³-hybridized carbons (Fsp3) is 0.459. The molecule has 4 heteroatoms. The summed E-state index contributed by atoms with van der Waals surface area (Å²) < 4.78 is 11.5. The number of ether oxygens (including phenoxy) is 2. The van der Waals surface area contributed by atoms with Crippen LogP contribution in [0.15, 0.2) is 72.8 Å². The molecule has 0 unspecified atom stereocenters. The van der Waals surface area contributed by atoms with Crippen LogP contribution >= 0.6 is 0 Å². The topological polar surface area (TPSA) is 59.3 Å². The van der Waals surface area contributed by atoms with E-state index in [1.54, 1.807) is 12.1 Å². The van der Waals surface area contributed by atoms with E-state index in [2.05, 4.69) is 32.0 Å². The van der Waals surface area contributed by atoms with Gasteiger partial charge in [0.1, 0.15) is 11.5 Å². The van der Waals surface area contributed by atoms with E-state index >= 15 is 0 Å². The second-order valence-electron chi connectivity index (χ2n) is 11.5. The summed E-state index contributed by atoms with van der Waals surface area (Å²) in [4.78, 5) is 12.8. The lowest BCUT2D eigenvalue weighted by Gasteiger charge is -2.11. The number of nitriles is 1. The molecule has 0 heterocycles. The second kappa shape index (κ2) is 15.4. The lowest BCUT2D eigenvalue weighted by atomic mass is 9.93. The minimum absolute atomic E-state index is 0.372. The number of rotatable bonds is 17. The highest BCUT2D eigenvalue weighted by Crippen LogP contribution is 2.56. The Bertz CT molecular complexity index is 1260. The van der Waals surface area contributed by atoms with E-state index in [-0.39, 0.29) is 5.41 Å². The first-order chi connectivity index (χ1) is 20.1. The quantitative estimate of drug-likeness (QED) is 0.0951. The Morgan fingerprint density at radius 3 is 1.95 bits per heavy atom. The van der Waals surface area contributed by atoms with Gasteiger partial charge < -0.3 is 9.47 Å². The molecule has 1 aliphatic rings. The number of nitrogens with zero attached hydrogens (tertiary/aromatic N) is 1. The van der Waals surface area contributed by atoms with Crippen molar-refractivity contribution < 1.29 is 14.3 Å². The van der Waals surface area contributed by atoms with E-state index in [9.17, 15) is 10.1 Å². The Kier molecular flexibility index (Phi) is 11.4. The number of hydrogen-bond acceptors (Lipinski definition) is 4. The molecule has 0 saturated heterocycles. The molecular weight excluding hydrogens is 506 g/mol. The second-order valence-corrected chi connectivity index (χ2v) is 11.5. The maximum Gasteiger partial charge on any atom is 0.343 e. The Morgan fingerprint density at radius 2 is 1.32 bits per heavy atom. The lowest BCUT2D eigenvalue weighted by molar-refractivity contribution is 0.0734. The minimum atomic E-state index is -0.391. The zero-order chi connectivity index (χ0) is 28.9. The maximum absolute atomic E-state index is 12.8. The first-order valence-corrected chi connectivity index (χ1v) is 15.7. The third-order valence-corrected chi connectivity index (χ3v) is 8.37. The first kappa shape index (κ1) is 30.4. The van der Waals surface area contributed by atoms with Crippen molar-refractivity contribution in [1.82, 2.24) is 0 Å². The van der Waals surface area contributed by atoms with Crippen LogP contribution in [0.2, 0.25) is 0 Å². The predicted molar refractivity (Wildman–Crippen MR) is 166 cm³/mol. The molecule has 216 valence electrons. The molecule has 1 aliphatic carbocycles. The zero-order valence-electron chi connectivity index (χ0n) is 24.9. The molecule has 0 spiro atoms. The summed E-state index contributed by atoms with van der Waals surface area (Å²) in [6, 6.07) is 25.7. The van der Waals surface area contributed by atoms with E-state index in [4.69, 9.17) is 9.47 Å². The number of unbranched alkanes of at least 4 members (excludes halogenated alkanes) is 8. The third kappa shape index (κ3) is 8.46. The number of carbonyl (C=O) groups excluding carboxylic acids is 1. The average Bonchev–Trinajstić information content (AvgIpc) is 3.74. The van der Waals surface area contributed by atoms with Crippen LogP contribution in [0, 0.1) is 17.2 Å². The Morgan fingerprint density at radius 1 is 0.756 bits per heavy atom. The van der Waals surface area contributed by atoms with E-state index in [1.807, 2.05) is 48.5 Å². The highest BCUT2D eigenvalue weighted by atomic mass is 16.5. The van der Waals surface area contributed by atoms with Crippen LogP contribution in [-0.2, 0) is 5.41 Å². The normalized spacial score (nSPS) is 17.5. The number of benzene rings is 3. The summed E-state index contributed by atoms with van der Waals surface area (Å²) >= 11 is 0. The standard InChI is InChI=1S/C37H45NO3/c1-3-5-7-9-10-12-26-40-34-22-18-30(19-23-34)29-14-16-31(17-15-29)36(39)41-35-24-20-32(21-25-35)37(28-38)27-33(37)13-11-8-6-4-2/h14-25,33H,3-13,26-27H2,1-2H3/t33-,37-/m0/s1. The summed E-state index contributed by atoms with van der Waals surface area (Å²) in [6.45, 7) is 5.21. The van der Waals surface area contributed by atoms with Crippen molar-refractivity contribution >= 4 is 5.97 Å². The van der Waals surface area contributed by atoms with Crippen LogP contribution in [0.3, 0.4) is 0 Å². The average molecular weight is 552 g/mol. The maximum atomic E-state index is 12.8. The van der Waals surface area contributed by atoms with Crippen molar-refractivity contribution in [3.05, 3.63) is 83.9 Å². The smallest absolute Gasteiger partial charge is 0.343 e. The van der Waals surface area contributed by atoms with Crippen LogP contribution in [0.4, 0.5) is 0 Å². The van der Waals surface area contributed by atoms with Gasteiger partial charge in [0.2, 0.25) is 0 Å². The largest absolute Gasteiger partial charge is 0.494 e. The van der Waals surface area contributed by atoms with Gasteiger partial charge in [-0.05, 0) is 78.3 Å². The third-order valence-electron chi connectivity index (χ3n) is 8.37. The van der Waals surface area contributed by atoms with Gasteiger partial charge in [0.15, 0.2) is 0 Å². The molecule has 2 atom stereocenters. The molecule has 4 nitrogen and oxygen atoms in total. The Labute approximate surface area is 246 Å². The van der Waals surface area contributed by atoms with Crippen LogP contribution in [0.5, 0.6) is 11.5 Å². The van der Waals surface area contributed by atoms with Crippen LogP contribution in [0.25, 0.3) is 11.1 Å². The summed E-state index contributed by atoms with van der Waals surface area (Å²) in [7, 11) is 0. The van der Waals surface area contributed by atoms with Gasteiger partial charge in [-0.1, -0.05) is 108 Å². The van der Waals surface area contributed by atoms with Gasteiger partial charge >= 0.3 is 5.97 Å². The molecule has 3 aromatic rings. The molecular formula is C37H45NO3. The minimum Gasteiger partial charge on any atom is -0.494 e. The number of carbonyl (C=O) groups is 1. The van der Waals surface area contributed by atoms with Gasteiger partial charge in [-0.2, -0.15) is 5.26 Å². The van der Waals surface area contributed by atoms with Gasteiger partial charge in [-0.3, -0.25) is 0 Å². The molecule has 1 fully saturated rings. The summed E-state index contributed by atoms with van der Waals surface area (Å²) in [6.07, 6.45) is 14.5. The zero-order valence-corrected chi connectivity index (χ0v) is 24.9. The Hall–Kier alpha value is -3.58. The lowest BCUT2D eigenvalue weighted by Crippen LogP contribution is -2.10. The molecule has 3 aromatic carbocycles. The SMILES string of the molecule is CCCCCCCCOc1ccc(-c2ccc(C(=O)Oc3ccc([C@@]4(C#N)C[C@@H]4CCCCCC)cc3)cc2)cc1. The first-order valence-electron chi connectivity index (χ1n) is 15.7. The molecule has 0 radical (unpaired) electrons. The van der Waals surface area contributed by atoms with Crippen molar-refractivity contribution in [2.75, 3.05) is 6.61 Å². The van der Waals surface area contributed by atoms with Gasteiger partial charge in [-0.25, -0.2) is 4.79 Å². The van der Waals surface area contributed by atoms with Crippen molar-refractivity contribution in [3.8, 4) is 28.7 Å². The molecule has 0 aromatic heterocycles. The van der Waals surface area contributed by atoms with E-state index in [0.29, 0.717) is 17.2 Å². The molecule has 4 rings (SSSR count). The fourth-order valence-corrected chi connectivity index (χ4v) is 5.65. The summed E-state index contributed by atoms with van der Waals surface area (Å²) in [5, 5.41) is 9.90. The van der Waals surface area contributed by atoms with Crippen LogP contribution in [0.1, 0.15) is 107 Å². The number of esters is 1. The molecule has 0 bridgehead atoms. The van der Waals surface area contributed by atoms with Crippen molar-refractivity contribution in [3.63, 3.8) is 0 Å². The highest BCUT2D eigenvalue weighted by Gasteiger charge is 2.55. The van der Waals surface area contributed by atoms with Gasteiger partial charge in [0.25, 0.3) is 0 Å². The van der Waals surface area contributed by atoms with Crippen LogP contribution < -0.4 is 9.47 Å². The van der Waals surface area contributed by atoms with Gasteiger partial charge in [0, 0.05) is 0 Å². The number of hydrogen-bond donors (Lipinski definition) is 0. The summed E-state index contributed by atoms with van der Waals surface area (Å²) in [5.74, 6) is 1.43. The predicted octanol–water partition coefficient (Wildman–Crippen LogP) is 10.1. The van der Waals surface area contributed by atoms with Crippen molar-refractivity contribution in [1.29, 1.82) is 5.26 Å². The van der Waals surface area contributed by atoms with Crippen LogP contribution in [-0.4, -0.2) is 12.6 Å². The summed E-state index contributed by atoms with van der Waals surface area (Å²) in [5.41, 5.74) is 3.26. The molecule has 41 heavy (non-hydrogen) atoms. The highest BCUT2D eigenvalue weighted by molar-refractivity contribution is 5.91. The van der Waals surface area contributed by atoms with Gasteiger partial charge in [-0.15, -0.1) is 0 Å². The van der Waals surface area contributed by atoms with Gasteiger partial charge in [0.05, 0.1) is 23.7 Å². The van der Waals surface area contributed by atoms with Crippen molar-refractivity contribution in [2.24, 2.45) is 5.92 Å². The molecule has 0 aliphatic heterocycles. The monoisotopic (exact) mass is 551 g/mol. The molecule has 0 amide bonds. The molecule has 0 N–H and O–H groups in total. The molecule has 1 saturated carbocycles. The Balaban J connectivity index is 1.25.